The Bertz CT molecular complexity index is 963. The summed E-state index contributed by atoms with van der Waals surface area (Å²) < 4.78 is 2.90. The van der Waals surface area contributed by atoms with Crippen LogP contribution in [0.5, 0.6) is 0 Å². The minimum absolute atomic E-state index is 0.788. The molecule has 0 amide bonds. The highest BCUT2D eigenvalue weighted by Gasteiger charge is 2.37. The van der Waals surface area contributed by atoms with Crippen molar-refractivity contribution in [2.45, 2.75) is 16.7 Å². The SMILES string of the molecule is Cc1cc(Sc2ccccc2)cc2c1[N+](C)(C)C[N+](c1ccccc1)=N2. The molecule has 0 N–H and O–H groups in total. The molecule has 0 spiro atoms. The highest BCUT2D eigenvalue weighted by molar-refractivity contribution is 7.99. The molecule has 3 aromatic rings. The van der Waals surface area contributed by atoms with Crippen LogP contribution in [-0.2, 0) is 0 Å². The van der Waals surface area contributed by atoms with Crippen molar-refractivity contribution in [3.05, 3.63) is 78.4 Å². The van der Waals surface area contributed by atoms with Gasteiger partial charge in [0.1, 0.15) is 0 Å². The minimum Gasteiger partial charge on any atom is -0.237 e. The molecular weight excluding hydrogens is 338 g/mol. The molecule has 4 heteroatoms. The number of hydrogen-bond donors (Lipinski definition) is 0. The van der Waals surface area contributed by atoms with Gasteiger partial charge in [0, 0.05) is 32.6 Å². The van der Waals surface area contributed by atoms with Gasteiger partial charge in [-0.1, -0.05) is 48.2 Å². The van der Waals surface area contributed by atoms with Crippen LogP contribution in [0.4, 0.5) is 17.1 Å². The van der Waals surface area contributed by atoms with Crippen LogP contribution in [-0.4, -0.2) is 25.5 Å². The smallest absolute Gasteiger partial charge is 0.237 e. The predicted octanol–water partition coefficient (Wildman–Crippen LogP) is 6.11. The molecule has 26 heavy (non-hydrogen) atoms. The lowest BCUT2D eigenvalue weighted by atomic mass is 10.1. The van der Waals surface area contributed by atoms with Gasteiger partial charge in [-0.25, -0.2) is 4.48 Å². The van der Waals surface area contributed by atoms with Gasteiger partial charge < -0.3 is 0 Å². The van der Waals surface area contributed by atoms with Gasteiger partial charge in [-0.05, 0) is 35.9 Å². The molecule has 1 heterocycles. The van der Waals surface area contributed by atoms with E-state index in [0.29, 0.717) is 0 Å². The first kappa shape index (κ1) is 17.0. The third-order valence-corrected chi connectivity index (χ3v) is 5.59. The lowest BCUT2D eigenvalue weighted by molar-refractivity contribution is -0.529. The summed E-state index contributed by atoms with van der Waals surface area (Å²) in [5.74, 6) is 0. The van der Waals surface area contributed by atoms with Crippen LogP contribution in [0, 0.1) is 6.92 Å². The van der Waals surface area contributed by atoms with Crippen LogP contribution in [0.15, 0.2) is 87.7 Å². The third-order valence-electron chi connectivity index (χ3n) is 4.61. The number of aryl methyl sites for hydroxylation is 1. The van der Waals surface area contributed by atoms with Crippen molar-refractivity contribution in [2.24, 2.45) is 5.11 Å². The Kier molecular flexibility index (Phi) is 4.39. The highest BCUT2D eigenvalue weighted by atomic mass is 32.2. The molecule has 0 saturated heterocycles. The van der Waals surface area contributed by atoms with Crippen LogP contribution in [0.2, 0.25) is 0 Å². The van der Waals surface area contributed by atoms with Crippen LogP contribution in [0.3, 0.4) is 0 Å². The number of rotatable bonds is 3. The maximum atomic E-state index is 4.98. The standard InChI is InChI=1S/C22H23N3S/c1-17-14-20(26-19-12-8-5-9-13-19)15-21-22(17)25(2,3)16-24(23-21)18-10-6-4-7-11-18/h4-15H,16H2,1-3H3/q+2. The molecule has 0 aliphatic carbocycles. The van der Waals surface area contributed by atoms with Crippen LogP contribution < -0.4 is 4.48 Å². The minimum atomic E-state index is 0.788. The molecule has 0 saturated carbocycles. The van der Waals surface area contributed by atoms with Crippen LogP contribution in [0.25, 0.3) is 0 Å². The first-order valence-corrected chi connectivity index (χ1v) is 9.60. The van der Waals surface area contributed by atoms with Crippen LogP contribution >= 0.6 is 11.8 Å². The lowest BCUT2D eigenvalue weighted by Crippen LogP contribution is -2.47. The number of nitrogens with zero attached hydrogens (tertiary/aromatic N) is 3. The summed E-state index contributed by atoms with van der Waals surface area (Å²) >= 11 is 1.79. The number of para-hydroxylation sites is 1. The summed E-state index contributed by atoms with van der Waals surface area (Å²) in [6.45, 7) is 3.02. The topological polar surface area (TPSA) is 15.4 Å². The van der Waals surface area contributed by atoms with Crippen LogP contribution in [0.1, 0.15) is 5.56 Å². The quantitative estimate of drug-likeness (QED) is 0.406. The summed E-state index contributed by atoms with van der Waals surface area (Å²) in [4.78, 5) is 2.47. The van der Waals surface area contributed by atoms with Crippen molar-refractivity contribution in [2.75, 3.05) is 20.8 Å². The molecule has 1 aliphatic heterocycles. The monoisotopic (exact) mass is 361 g/mol. The van der Waals surface area contributed by atoms with E-state index < -0.39 is 0 Å². The van der Waals surface area contributed by atoms with Gasteiger partial charge in [0.05, 0.1) is 14.1 Å². The molecule has 0 fully saturated rings. The second kappa shape index (κ2) is 6.71. The maximum Gasteiger partial charge on any atom is 0.306 e. The Labute approximate surface area is 159 Å². The normalized spacial score (nSPS) is 15.3. The van der Waals surface area contributed by atoms with Gasteiger partial charge in [-0.2, -0.15) is 0 Å². The Hall–Kier alpha value is -2.43. The fourth-order valence-electron chi connectivity index (χ4n) is 3.58. The molecule has 3 nitrogen and oxygen atoms in total. The van der Waals surface area contributed by atoms with Gasteiger partial charge in [-0.15, -0.1) is 0 Å². The Morgan fingerprint density at radius 2 is 1.54 bits per heavy atom. The Morgan fingerprint density at radius 3 is 2.23 bits per heavy atom. The molecule has 3 aromatic carbocycles. The van der Waals surface area contributed by atoms with E-state index in [4.69, 9.17) is 5.11 Å². The Morgan fingerprint density at radius 1 is 0.885 bits per heavy atom. The molecular formula is C22H23N3S+2. The van der Waals surface area contributed by atoms with E-state index in [1.165, 1.54) is 21.0 Å². The summed E-state index contributed by atoms with van der Waals surface area (Å²) in [6, 6.07) is 25.4. The third kappa shape index (κ3) is 3.30. The number of azo groups is 2. The van der Waals surface area contributed by atoms with Gasteiger partial charge in [0.15, 0.2) is 11.4 Å². The van der Waals surface area contributed by atoms with E-state index in [1.54, 1.807) is 11.8 Å². The zero-order chi connectivity index (χ0) is 18.1. The second-order valence-corrected chi connectivity index (χ2v) is 8.33. The van der Waals surface area contributed by atoms with Crippen molar-refractivity contribution < 1.29 is 4.70 Å². The molecule has 1 aliphatic rings. The molecule has 0 atom stereocenters. The summed E-state index contributed by atoms with van der Waals surface area (Å²) in [7, 11) is 4.50. The average molecular weight is 362 g/mol. The van der Waals surface area contributed by atoms with Crippen molar-refractivity contribution >= 4 is 28.8 Å². The van der Waals surface area contributed by atoms with Crippen molar-refractivity contribution in [1.29, 1.82) is 0 Å². The molecule has 0 bridgehead atoms. The fraction of sp³-hybridized carbons (Fsp3) is 0.182. The average Bonchev–Trinajstić information content (AvgIpc) is 2.62. The molecule has 0 aromatic heterocycles. The van der Waals surface area contributed by atoms with Crippen molar-refractivity contribution in [3.8, 4) is 0 Å². The van der Waals surface area contributed by atoms with E-state index >= 15 is 0 Å². The number of quaternary nitrogens is 1. The molecule has 0 radical (unpaired) electrons. The summed E-state index contributed by atoms with van der Waals surface area (Å²) in [6.07, 6.45) is 0. The maximum absolute atomic E-state index is 4.98. The van der Waals surface area contributed by atoms with E-state index in [2.05, 4.69) is 92.4 Å². The number of hydrogen-bond acceptors (Lipinski definition) is 2. The second-order valence-electron chi connectivity index (χ2n) is 7.18. The van der Waals surface area contributed by atoms with Crippen molar-refractivity contribution in [1.82, 2.24) is 4.48 Å². The van der Waals surface area contributed by atoms with Gasteiger partial charge in [0.2, 0.25) is 5.69 Å². The molecule has 0 unspecified atom stereocenters. The fourth-order valence-corrected chi connectivity index (χ4v) is 4.55. The zero-order valence-electron chi connectivity index (χ0n) is 15.4. The molecule has 4 rings (SSSR count). The summed E-state index contributed by atoms with van der Waals surface area (Å²) in [5.41, 5.74) is 4.78. The van der Waals surface area contributed by atoms with E-state index in [9.17, 15) is 0 Å². The lowest BCUT2D eigenvalue weighted by Gasteiger charge is -2.30. The van der Waals surface area contributed by atoms with Gasteiger partial charge in [0.25, 0.3) is 0 Å². The first-order chi connectivity index (χ1) is 12.5. The van der Waals surface area contributed by atoms with E-state index in [-0.39, 0.29) is 0 Å². The van der Waals surface area contributed by atoms with Gasteiger partial charge in [-0.3, -0.25) is 0 Å². The Balaban J connectivity index is 1.79. The zero-order valence-corrected chi connectivity index (χ0v) is 16.2. The largest absolute Gasteiger partial charge is 0.306 e. The number of benzene rings is 3. The predicted molar refractivity (Wildman–Crippen MR) is 109 cm³/mol. The first-order valence-electron chi connectivity index (χ1n) is 8.78. The number of fused-ring (bicyclic) bond motifs is 1. The molecule has 130 valence electrons. The van der Waals surface area contributed by atoms with E-state index in [1.807, 2.05) is 6.07 Å². The highest BCUT2D eigenvalue weighted by Crippen LogP contribution is 2.43. The van der Waals surface area contributed by atoms with Crippen molar-refractivity contribution in [3.63, 3.8) is 0 Å². The summed E-state index contributed by atoms with van der Waals surface area (Å²) in [5, 5.41) is 4.98. The van der Waals surface area contributed by atoms with Gasteiger partial charge >= 0.3 is 6.67 Å². The van der Waals surface area contributed by atoms with E-state index in [0.717, 1.165) is 22.5 Å².